The van der Waals surface area contributed by atoms with Crippen LogP contribution in [0.2, 0.25) is 0 Å². The maximum absolute atomic E-state index is 11.2. The van der Waals surface area contributed by atoms with E-state index in [4.69, 9.17) is 5.73 Å². The van der Waals surface area contributed by atoms with Gasteiger partial charge in [0.15, 0.2) is 0 Å². The summed E-state index contributed by atoms with van der Waals surface area (Å²) in [5.41, 5.74) is 9.73. The van der Waals surface area contributed by atoms with Crippen molar-refractivity contribution in [2.45, 2.75) is 24.9 Å². The lowest BCUT2D eigenvalue weighted by Crippen LogP contribution is -2.44. The van der Waals surface area contributed by atoms with Crippen LogP contribution in [0.25, 0.3) is 11.1 Å². The SMILES string of the molecule is C=C(c1ccccc1)[C@@]12CCC(O)(CN)C1CC=C2c1ccccc1. The average molecular weight is 331 g/mol. The van der Waals surface area contributed by atoms with Crippen LogP contribution in [-0.4, -0.2) is 17.3 Å². The summed E-state index contributed by atoms with van der Waals surface area (Å²) in [6.45, 7) is 4.83. The summed E-state index contributed by atoms with van der Waals surface area (Å²) in [6, 6.07) is 20.9. The summed E-state index contributed by atoms with van der Waals surface area (Å²) in [4.78, 5) is 0. The standard InChI is InChI=1S/C23H25NO/c1-17(18-8-4-2-5-9-18)23-15-14-22(25,16-24)21(23)13-12-20(23)19-10-6-3-7-11-19/h2-12,21,25H,1,13-16,24H2/t21?,22?,23-/m1/s1. The molecule has 25 heavy (non-hydrogen) atoms. The highest BCUT2D eigenvalue weighted by Crippen LogP contribution is 2.66. The minimum Gasteiger partial charge on any atom is -0.388 e. The van der Waals surface area contributed by atoms with E-state index in [1.165, 1.54) is 11.1 Å². The van der Waals surface area contributed by atoms with E-state index >= 15 is 0 Å². The first-order chi connectivity index (χ1) is 12.1. The minimum atomic E-state index is -0.815. The number of fused-ring (bicyclic) bond motifs is 1. The first kappa shape index (κ1) is 16.3. The van der Waals surface area contributed by atoms with E-state index in [9.17, 15) is 5.11 Å². The topological polar surface area (TPSA) is 46.2 Å². The van der Waals surface area contributed by atoms with E-state index in [-0.39, 0.29) is 11.3 Å². The van der Waals surface area contributed by atoms with Gasteiger partial charge in [0.25, 0.3) is 0 Å². The zero-order chi connectivity index (χ0) is 17.5. The molecule has 0 radical (unpaired) electrons. The molecule has 0 saturated heterocycles. The average Bonchev–Trinajstić information content (AvgIpc) is 3.20. The number of allylic oxidation sites excluding steroid dienone is 3. The van der Waals surface area contributed by atoms with Crippen LogP contribution in [0, 0.1) is 11.3 Å². The van der Waals surface area contributed by atoms with Crippen molar-refractivity contribution in [2.75, 3.05) is 6.54 Å². The van der Waals surface area contributed by atoms with Crippen molar-refractivity contribution in [3.8, 4) is 0 Å². The fraction of sp³-hybridized carbons (Fsp3) is 0.304. The summed E-state index contributed by atoms with van der Waals surface area (Å²) in [7, 11) is 0. The Morgan fingerprint density at radius 3 is 2.32 bits per heavy atom. The molecule has 1 fully saturated rings. The van der Waals surface area contributed by atoms with E-state index in [0.29, 0.717) is 6.54 Å². The zero-order valence-corrected chi connectivity index (χ0v) is 14.5. The van der Waals surface area contributed by atoms with Crippen molar-refractivity contribution in [3.63, 3.8) is 0 Å². The van der Waals surface area contributed by atoms with Crippen LogP contribution in [0.4, 0.5) is 0 Å². The highest BCUT2D eigenvalue weighted by Gasteiger charge is 2.60. The number of aliphatic hydroxyl groups is 1. The van der Waals surface area contributed by atoms with E-state index in [1.54, 1.807) is 0 Å². The zero-order valence-electron chi connectivity index (χ0n) is 14.5. The maximum atomic E-state index is 11.2. The van der Waals surface area contributed by atoms with Crippen LogP contribution in [0.5, 0.6) is 0 Å². The molecule has 0 spiro atoms. The minimum absolute atomic E-state index is 0.0907. The second kappa shape index (κ2) is 5.98. The third-order valence-corrected chi connectivity index (χ3v) is 6.33. The summed E-state index contributed by atoms with van der Waals surface area (Å²) < 4.78 is 0. The number of rotatable bonds is 4. The molecule has 0 amide bonds. The van der Waals surface area contributed by atoms with Gasteiger partial charge in [-0.1, -0.05) is 73.3 Å². The maximum Gasteiger partial charge on any atom is 0.0812 e. The van der Waals surface area contributed by atoms with Crippen LogP contribution in [0.3, 0.4) is 0 Å². The molecule has 4 rings (SSSR count). The van der Waals surface area contributed by atoms with Gasteiger partial charge in [0.05, 0.1) is 5.60 Å². The van der Waals surface area contributed by atoms with Gasteiger partial charge >= 0.3 is 0 Å². The number of hydrogen-bond acceptors (Lipinski definition) is 2. The second-order valence-electron chi connectivity index (χ2n) is 7.40. The number of hydrogen-bond donors (Lipinski definition) is 2. The summed E-state index contributed by atoms with van der Waals surface area (Å²) in [5.74, 6) is 0.0907. The molecule has 0 bridgehead atoms. The highest BCUT2D eigenvalue weighted by molar-refractivity contribution is 5.88. The molecule has 3 N–H and O–H groups in total. The number of nitrogens with two attached hydrogens (primary N) is 1. The van der Waals surface area contributed by atoms with Crippen molar-refractivity contribution < 1.29 is 5.11 Å². The van der Waals surface area contributed by atoms with Gasteiger partial charge in [0.1, 0.15) is 0 Å². The van der Waals surface area contributed by atoms with Crippen molar-refractivity contribution in [2.24, 2.45) is 17.1 Å². The predicted molar refractivity (Wildman–Crippen MR) is 104 cm³/mol. The Balaban J connectivity index is 1.86. The molecule has 3 atom stereocenters. The van der Waals surface area contributed by atoms with Gasteiger partial charge in [-0.25, -0.2) is 0 Å². The van der Waals surface area contributed by atoms with Gasteiger partial charge in [-0.3, -0.25) is 0 Å². The molecule has 0 heterocycles. The van der Waals surface area contributed by atoms with Crippen LogP contribution < -0.4 is 5.73 Å². The summed E-state index contributed by atoms with van der Waals surface area (Å²) >= 11 is 0. The van der Waals surface area contributed by atoms with Crippen molar-refractivity contribution in [1.82, 2.24) is 0 Å². The molecule has 0 aliphatic heterocycles. The lowest BCUT2D eigenvalue weighted by Gasteiger charge is -2.39. The van der Waals surface area contributed by atoms with Gasteiger partial charge in [0, 0.05) is 17.9 Å². The quantitative estimate of drug-likeness (QED) is 0.879. The molecular formula is C23H25NO. The normalized spacial score (nSPS) is 30.8. The Labute approximate surface area is 149 Å². The third-order valence-electron chi connectivity index (χ3n) is 6.33. The Hall–Kier alpha value is -2.16. The molecule has 2 aliphatic rings. The molecule has 2 nitrogen and oxygen atoms in total. The Kier molecular flexibility index (Phi) is 3.90. The van der Waals surface area contributed by atoms with Crippen LogP contribution >= 0.6 is 0 Å². The summed E-state index contributed by atoms with van der Waals surface area (Å²) in [5, 5.41) is 11.2. The molecule has 2 unspecified atom stereocenters. The van der Waals surface area contributed by atoms with Gasteiger partial charge in [0.2, 0.25) is 0 Å². The Bertz CT molecular complexity index is 811. The third kappa shape index (κ3) is 2.32. The van der Waals surface area contributed by atoms with Gasteiger partial charge in [-0.15, -0.1) is 0 Å². The van der Waals surface area contributed by atoms with Crippen LogP contribution in [-0.2, 0) is 0 Å². The van der Waals surface area contributed by atoms with E-state index < -0.39 is 5.60 Å². The van der Waals surface area contributed by atoms with Gasteiger partial charge in [-0.2, -0.15) is 0 Å². The van der Waals surface area contributed by atoms with Crippen molar-refractivity contribution in [3.05, 3.63) is 84.4 Å². The largest absolute Gasteiger partial charge is 0.388 e. The molecule has 2 heteroatoms. The van der Waals surface area contributed by atoms with E-state index in [2.05, 4.69) is 61.2 Å². The monoisotopic (exact) mass is 331 g/mol. The molecule has 2 aromatic rings. The fourth-order valence-corrected chi connectivity index (χ4v) is 5.04. The predicted octanol–water partition coefficient (Wildman–Crippen LogP) is 4.27. The van der Waals surface area contributed by atoms with Crippen LogP contribution in [0.1, 0.15) is 30.4 Å². The molecule has 1 saturated carbocycles. The first-order valence-electron chi connectivity index (χ1n) is 9.05. The fourth-order valence-electron chi connectivity index (χ4n) is 5.04. The van der Waals surface area contributed by atoms with E-state index in [0.717, 1.165) is 30.4 Å². The molecule has 2 aliphatic carbocycles. The second-order valence-corrected chi connectivity index (χ2v) is 7.40. The molecule has 128 valence electrons. The van der Waals surface area contributed by atoms with Gasteiger partial charge < -0.3 is 10.8 Å². The summed E-state index contributed by atoms with van der Waals surface area (Å²) in [6.07, 6.45) is 4.77. The Morgan fingerprint density at radius 1 is 1.04 bits per heavy atom. The molecule has 0 aromatic heterocycles. The van der Waals surface area contributed by atoms with Crippen molar-refractivity contribution in [1.29, 1.82) is 0 Å². The van der Waals surface area contributed by atoms with Gasteiger partial charge in [-0.05, 0) is 41.5 Å². The molecular weight excluding hydrogens is 306 g/mol. The van der Waals surface area contributed by atoms with Crippen molar-refractivity contribution >= 4 is 11.1 Å². The first-order valence-corrected chi connectivity index (χ1v) is 9.05. The van der Waals surface area contributed by atoms with Crippen LogP contribution in [0.15, 0.2) is 73.3 Å². The molecule has 2 aromatic carbocycles. The lowest BCUT2D eigenvalue weighted by atomic mass is 9.65. The Morgan fingerprint density at radius 2 is 1.68 bits per heavy atom. The lowest BCUT2D eigenvalue weighted by molar-refractivity contribution is 0.00336. The highest BCUT2D eigenvalue weighted by atomic mass is 16.3. The number of benzene rings is 2. The van der Waals surface area contributed by atoms with E-state index in [1.807, 2.05) is 12.1 Å². The smallest absolute Gasteiger partial charge is 0.0812 e.